The Hall–Kier alpha value is -1.26. The van der Waals surface area contributed by atoms with Crippen LogP contribution in [0, 0.1) is 0 Å². The van der Waals surface area contributed by atoms with Gasteiger partial charge in [-0.1, -0.05) is 0 Å². The molecule has 0 bridgehead atoms. The highest BCUT2D eigenvalue weighted by Gasteiger charge is 2.44. The summed E-state index contributed by atoms with van der Waals surface area (Å²) in [5.74, 6) is 0.298. The van der Waals surface area contributed by atoms with E-state index in [4.69, 9.17) is 15.6 Å². The number of anilines is 1. The van der Waals surface area contributed by atoms with Crippen molar-refractivity contribution in [3.63, 3.8) is 0 Å². The molecule has 1 saturated heterocycles. The van der Waals surface area contributed by atoms with E-state index in [9.17, 15) is 10.2 Å². The van der Waals surface area contributed by atoms with Gasteiger partial charge in [-0.2, -0.15) is 0 Å². The standard InChI is InChI=1S/C11H13BrN4O4/c12-4-1-16(10-6(4)9(13)14-3-15-10)11-8(19)7(18)5(2-17)20-11/h1,3,5,7-8,11,17-19H,2H2,(H2,13,14,15)/t5-,7-,8-,11-/m1/s1. The zero-order valence-corrected chi connectivity index (χ0v) is 11.8. The van der Waals surface area contributed by atoms with Crippen LogP contribution in [0.2, 0.25) is 0 Å². The second kappa shape index (κ2) is 4.93. The van der Waals surface area contributed by atoms with Crippen LogP contribution in [0.4, 0.5) is 5.82 Å². The van der Waals surface area contributed by atoms with Crippen molar-refractivity contribution < 1.29 is 20.1 Å². The number of halogens is 1. The molecule has 3 heterocycles. The van der Waals surface area contributed by atoms with Crippen molar-refractivity contribution >= 4 is 32.8 Å². The molecule has 0 unspecified atom stereocenters. The van der Waals surface area contributed by atoms with Crippen molar-refractivity contribution in [3.8, 4) is 0 Å². The summed E-state index contributed by atoms with van der Waals surface area (Å²) in [5.41, 5.74) is 6.27. The number of nitrogen functional groups attached to an aromatic ring is 1. The molecular weight excluding hydrogens is 332 g/mol. The summed E-state index contributed by atoms with van der Waals surface area (Å²) in [4.78, 5) is 8.03. The van der Waals surface area contributed by atoms with Crippen LogP contribution in [0.15, 0.2) is 17.0 Å². The van der Waals surface area contributed by atoms with Crippen molar-refractivity contribution in [3.05, 3.63) is 17.0 Å². The summed E-state index contributed by atoms with van der Waals surface area (Å²) in [6.07, 6.45) is -1.08. The van der Waals surface area contributed by atoms with Crippen molar-refractivity contribution in [2.75, 3.05) is 12.3 Å². The van der Waals surface area contributed by atoms with Crippen LogP contribution < -0.4 is 5.73 Å². The average Bonchev–Trinajstić information content (AvgIpc) is 2.90. The van der Waals surface area contributed by atoms with Crippen LogP contribution in [0.5, 0.6) is 0 Å². The Morgan fingerprint density at radius 1 is 1.35 bits per heavy atom. The fourth-order valence-electron chi connectivity index (χ4n) is 2.37. The van der Waals surface area contributed by atoms with E-state index in [1.165, 1.54) is 6.33 Å². The van der Waals surface area contributed by atoms with E-state index in [1.807, 2.05) is 0 Å². The monoisotopic (exact) mass is 344 g/mol. The van der Waals surface area contributed by atoms with Gasteiger partial charge in [0.15, 0.2) is 6.23 Å². The van der Waals surface area contributed by atoms with Gasteiger partial charge in [0.2, 0.25) is 0 Å². The van der Waals surface area contributed by atoms with Crippen LogP contribution in [0.25, 0.3) is 11.0 Å². The summed E-state index contributed by atoms with van der Waals surface area (Å²) in [6, 6.07) is 0. The highest BCUT2D eigenvalue weighted by atomic mass is 79.9. The molecule has 4 atom stereocenters. The summed E-state index contributed by atoms with van der Waals surface area (Å²) in [5, 5.41) is 29.6. The Morgan fingerprint density at radius 2 is 2.10 bits per heavy atom. The Labute approximate surface area is 121 Å². The fraction of sp³-hybridized carbons (Fsp3) is 0.455. The van der Waals surface area contributed by atoms with Crippen LogP contribution >= 0.6 is 15.9 Å². The maximum absolute atomic E-state index is 10.1. The molecule has 1 aliphatic heterocycles. The first-order valence-electron chi connectivity index (χ1n) is 5.93. The minimum absolute atomic E-state index is 0.298. The molecule has 0 saturated carbocycles. The van der Waals surface area contributed by atoms with Gasteiger partial charge in [0.05, 0.1) is 12.0 Å². The first kappa shape index (κ1) is 13.7. The molecule has 2 aromatic heterocycles. The predicted octanol–water partition coefficient (Wildman–Crippen LogP) is -0.613. The van der Waals surface area contributed by atoms with Crippen LogP contribution in [0.3, 0.4) is 0 Å². The molecule has 5 N–H and O–H groups in total. The Kier molecular flexibility index (Phi) is 3.38. The molecule has 0 aromatic carbocycles. The fourth-order valence-corrected chi connectivity index (χ4v) is 2.97. The highest BCUT2D eigenvalue weighted by molar-refractivity contribution is 9.10. The number of rotatable bonds is 2. The van der Waals surface area contributed by atoms with Crippen molar-refractivity contribution in [2.45, 2.75) is 24.5 Å². The largest absolute Gasteiger partial charge is 0.394 e. The third-order valence-corrected chi connectivity index (χ3v) is 3.98. The quantitative estimate of drug-likeness (QED) is 0.572. The molecule has 108 valence electrons. The summed E-state index contributed by atoms with van der Waals surface area (Å²) in [7, 11) is 0. The van der Waals surface area contributed by atoms with Gasteiger partial charge in [0.25, 0.3) is 0 Å². The van der Waals surface area contributed by atoms with Crippen LogP contribution in [-0.2, 0) is 4.74 Å². The number of nitrogens with two attached hydrogens (primary N) is 1. The summed E-state index contributed by atoms with van der Waals surface area (Å²) >= 11 is 3.35. The van der Waals surface area contributed by atoms with E-state index < -0.39 is 24.5 Å². The van der Waals surface area contributed by atoms with Gasteiger partial charge in [-0.05, 0) is 15.9 Å². The molecule has 1 aliphatic rings. The first-order valence-corrected chi connectivity index (χ1v) is 6.73. The van der Waals surface area contributed by atoms with Gasteiger partial charge >= 0.3 is 0 Å². The van der Waals surface area contributed by atoms with Gasteiger partial charge in [-0.15, -0.1) is 0 Å². The minimum atomic E-state index is -1.18. The number of ether oxygens (including phenoxy) is 1. The van der Waals surface area contributed by atoms with Gasteiger partial charge < -0.3 is 30.4 Å². The maximum Gasteiger partial charge on any atom is 0.164 e. The van der Waals surface area contributed by atoms with Gasteiger partial charge in [-0.3, -0.25) is 0 Å². The van der Waals surface area contributed by atoms with Crippen LogP contribution in [-0.4, -0.2) is 54.8 Å². The predicted molar refractivity (Wildman–Crippen MR) is 72.6 cm³/mol. The smallest absolute Gasteiger partial charge is 0.164 e. The molecule has 3 rings (SSSR count). The molecule has 0 aliphatic carbocycles. The summed E-state index contributed by atoms with van der Waals surface area (Å²) in [6.45, 7) is -0.383. The molecule has 2 aromatic rings. The molecular formula is C11H13BrN4O4. The Balaban J connectivity index is 2.10. The zero-order valence-electron chi connectivity index (χ0n) is 10.2. The lowest BCUT2D eigenvalue weighted by atomic mass is 10.1. The Morgan fingerprint density at radius 3 is 2.75 bits per heavy atom. The number of hydrogen-bond acceptors (Lipinski definition) is 7. The number of hydrogen-bond donors (Lipinski definition) is 4. The number of aliphatic hydroxyl groups excluding tert-OH is 3. The SMILES string of the molecule is Nc1ncnc2c1c(Br)cn2[C@@H]1O[C@H](CO)[C@@H](O)[C@H]1O. The van der Waals surface area contributed by atoms with Crippen molar-refractivity contribution in [1.29, 1.82) is 0 Å². The van der Waals surface area contributed by atoms with Crippen molar-refractivity contribution in [2.24, 2.45) is 0 Å². The van der Waals surface area contributed by atoms with Gasteiger partial charge in [0, 0.05) is 10.7 Å². The first-order chi connectivity index (χ1) is 9.54. The normalized spacial score (nSPS) is 30.2. The third kappa shape index (κ3) is 1.90. The topological polar surface area (TPSA) is 127 Å². The van der Waals surface area contributed by atoms with E-state index >= 15 is 0 Å². The lowest BCUT2D eigenvalue weighted by Crippen LogP contribution is -2.33. The molecule has 8 nitrogen and oxygen atoms in total. The van der Waals surface area contributed by atoms with Gasteiger partial charge in [0.1, 0.15) is 36.1 Å². The van der Waals surface area contributed by atoms with Gasteiger partial charge in [-0.25, -0.2) is 9.97 Å². The van der Waals surface area contributed by atoms with E-state index in [-0.39, 0.29) is 6.61 Å². The summed E-state index contributed by atoms with van der Waals surface area (Å²) < 4.78 is 7.69. The average molecular weight is 345 g/mol. The van der Waals surface area contributed by atoms with E-state index in [2.05, 4.69) is 25.9 Å². The number of aromatic nitrogens is 3. The lowest BCUT2D eigenvalue weighted by molar-refractivity contribution is -0.0509. The van der Waals surface area contributed by atoms with E-state index in [0.717, 1.165) is 0 Å². The number of aliphatic hydroxyl groups is 3. The Bertz CT molecular complexity index is 649. The highest BCUT2D eigenvalue weighted by Crippen LogP contribution is 2.36. The molecule has 0 amide bonds. The van der Waals surface area contributed by atoms with E-state index in [0.29, 0.717) is 21.3 Å². The van der Waals surface area contributed by atoms with Crippen molar-refractivity contribution in [1.82, 2.24) is 14.5 Å². The zero-order chi connectivity index (χ0) is 14.4. The molecule has 20 heavy (non-hydrogen) atoms. The third-order valence-electron chi connectivity index (χ3n) is 3.38. The minimum Gasteiger partial charge on any atom is -0.394 e. The van der Waals surface area contributed by atoms with E-state index in [1.54, 1.807) is 10.8 Å². The molecule has 0 radical (unpaired) electrons. The molecule has 9 heteroatoms. The second-order valence-corrected chi connectivity index (χ2v) is 5.43. The number of nitrogens with zero attached hydrogens (tertiary/aromatic N) is 3. The van der Waals surface area contributed by atoms with Crippen LogP contribution in [0.1, 0.15) is 6.23 Å². The molecule has 1 fully saturated rings. The second-order valence-electron chi connectivity index (χ2n) is 4.57. The number of fused-ring (bicyclic) bond motifs is 1. The molecule has 0 spiro atoms. The maximum atomic E-state index is 10.1. The lowest BCUT2D eigenvalue weighted by Gasteiger charge is -2.17.